The Hall–Kier alpha value is -3.79. The van der Waals surface area contributed by atoms with E-state index < -0.39 is 23.6 Å². The monoisotopic (exact) mass is 539 g/mol. The number of fused-ring (bicyclic) bond motifs is 1. The highest BCUT2D eigenvalue weighted by atomic mass is 19.1. The van der Waals surface area contributed by atoms with Crippen LogP contribution in [-0.2, 0) is 17.6 Å². The molecule has 0 saturated heterocycles. The first-order valence-electron chi connectivity index (χ1n) is 13.4. The van der Waals surface area contributed by atoms with Crippen LogP contribution in [0.25, 0.3) is 0 Å². The van der Waals surface area contributed by atoms with E-state index in [0.29, 0.717) is 25.2 Å². The Morgan fingerprint density at radius 1 is 1.13 bits per heavy atom. The lowest BCUT2D eigenvalue weighted by Gasteiger charge is -2.25. The van der Waals surface area contributed by atoms with Gasteiger partial charge in [0.25, 0.3) is 0 Å². The van der Waals surface area contributed by atoms with Crippen LogP contribution in [0, 0.1) is 11.6 Å². The number of carboxylic acid groups (broad SMARTS) is 1. The second-order valence-corrected chi connectivity index (χ2v) is 9.66. The van der Waals surface area contributed by atoms with E-state index >= 15 is 0 Å². The van der Waals surface area contributed by atoms with Crippen LogP contribution in [0.2, 0.25) is 0 Å². The molecule has 1 atom stereocenters. The molecule has 10 heteroatoms. The summed E-state index contributed by atoms with van der Waals surface area (Å²) in [6, 6.07) is 10.1. The summed E-state index contributed by atoms with van der Waals surface area (Å²) in [6.07, 6.45) is 8.42. The number of unbranched alkanes of at least 4 members (excludes halogenated alkanes) is 1. The lowest BCUT2D eigenvalue weighted by atomic mass is 10.1. The Bertz CT molecular complexity index is 1190. The number of carboxylic acids is 1. The first-order chi connectivity index (χ1) is 19.0. The molecular weight excluding hydrogens is 504 g/mol. The zero-order valence-corrected chi connectivity index (χ0v) is 21.9. The van der Waals surface area contributed by atoms with E-state index in [2.05, 4.69) is 32.7 Å². The van der Waals surface area contributed by atoms with Crippen molar-refractivity contribution in [1.29, 1.82) is 0 Å². The third-order valence-corrected chi connectivity index (χ3v) is 6.66. The van der Waals surface area contributed by atoms with Crippen LogP contribution < -0.4 is 15.4 Å². The standard InChI is InChI=1S/C29H35F2N5O3/c30-22-17-23(31)19-26(18-22)39-16-15-36(14-10-27(29(37)38)34-25-7-4-11-32-20-25)13-2-1-6-24-9-8-21-5-3-12-33-28(21)35-24/h4,7-9,11,17-20,27,34H,1-3,5-6,10,12-16H2,(H,33,35)(H,37,38). The van der Waals surface area contributed by atoms with Crippen LogP contribution in [0.1, 0.15) is 36.9 Å². The minimum absolute atomic E-state index is 0.126. The molecule has 0 saturated carbocycles. The summed E-state index contributed by atoms with van der Waals surface area (Å²) < 4.78 is 32.6. The summed E-state index contributed by atoms with van der Waals surface area (Å²) in [5.74, 6) is -1.22. The Kier molecular flexibility index (Phi) is 10.4. The fraction of sp³-hybridized carbons (Fsp3) is 0.414. The molecule has 0 fully saturated rings. The zero-order chi connectivity index (χ0) is 27.5. The van der Waals surface area contributed by atoms with Crippen molar-refractivity contribution in [2.45, 2.75) is 44.6 Å². The van der Waals surface area contributed by atoms with E-state index in [1.807, 2.05) is 0 Å². The second-order valence-electron chi connectivity index (χ2n) is 9.66. The van der Waals surface area contributed by atoms with Gasteiger partial charge >= 0.3 is 5.97 Å². The van der Waals surface area contributed by atoms with Gasteiger partial charge in [0.05, 0.1) is 5.69 Å². The van der Waals surface area contributed by atoms with Gasteiger partial charge < -0.3 is 20.5 Å². The lowest BCUT2D eigenvalue weighted by molar-refractivity contribution is -0.138. The first kappa shape index (κ1) is 28.2. The molecular formula is C29H35F2N5O3. The quantitative estimate of drug-likeness (QED) is 0.238. The van der Waals surface area contributed by atoms with Gasteiger partial charge in [-0.05, 0) is 68.8 Å². The molecule has 1 aliphatic rings. The smallest absolute Gasteiger partial charge is 0.326 e. The maximum atomic E-state index is 13.5. The van der Waals surface area contributed by atoms with Crippen LogP contribution in [0.3, 0.4) is 0 Å². The van der Waals surface area contributed by atoms with Crippen LogP contribution in [0.4, 0.5) is 20.3 Å². The normalized spacial score (nSPS) is 13.4. The van der Waals surface area contributed by atoms with Gasteiger partial charge in [-0.2, -0.15) is 0 Å². The van der Waals surface area contributed by atoms with Gasteiger partial charge in [0.15, 0.2) is 0 Å². The van der Waals surface area contributed by atoms with Gasteiger partial charge in [-0.25, -0.2) is 18.6 Å². The molecule has 0 bridgehead atoms. The van der Waals surface area contributed by atoms with Gasteiger partial charge in [0, 0.05) is 55.9 Å². The molecule has 3 heterocycles. The fourth-order valence-electron chi connectivity index (χ4n) is 4.61. The van der Waals surface area contributed by atoms with E-state index in [4.69, 9.17) is 9.72 Å². The predicted molar refractivity (Wildman–Crippen MR) is 146 cm³/mol. The van der Waals surface area contributed by atoms with Crippen molar-refractivity contribution in [3.63, 3.8) is 0 Å². The molecule has 39 heavy (non-hydrogen) atoms. The Labute approximate surface area is 227 Å². The summed E-state index contributed by atoms with van der Waals surface area (Å²) >= 11 is 0. The third kappa shape index (κ3) is 9.17. The minimum Gasteiger partial charge on any atom is -0.492 e. The second kappa shape index (κ2) is 14.4. The summed E-state index contributed by atoms with van der Waals surface area (Å²) in [4.78, 5) is 22.8. The Balaban J connectivity index is 1.30. The summed E-state index contributed by atoms with van der Waals surface area (Å²) in [7, 11) is 0. The summed E-state index contributed by atoms with van der Waals surface area (Å²) in [5.41, 5.74) is 2.96. The minimum atomic E-state index is -0.947. The van der Waals surface area contributed by atoms with Crippen LogP contribution >= 0.6 is 0 Å². The molecule has 0 radical (unpaired) electrons. The third-order valence-electron chi connectivity index (χ3n) is 6.66. The van der Waals surface area contributed by atoms with Crippen LogP contribution in [0.5, 0.6) is 5.75 Å². The molecule has 0 amide bonds. The molecule has 0 aliphatic carbocycles. The average molecular weight is 540 g/mol. The Morgan fingerprint density at radius 2 is 1.97 bits per heavy atom. The van der Waals surface area contributed by atoms with Crippen molar-refractivity contribution < 1.29 is 23.4 Å². The maximum absolute atomic E-state index is 13.5. The number of ether oxygens (including phenoxy) is 1. The largest absolute Gasteiger partial charge is 0.492 e. The number of nitrogens with one attached hydrogen (secondary N) is 2. The number of halogens is 2. The van der Waals surface area contributed by atoms with Crippen molar-refractivity contribution in [3.8, 4) is 5.75 Å². The number of nitrogens with zero attached hydrogens (tertiary/aromatic N) is 3. The molecule has 1 aliphatic heterocycles. The molecule has 3 N–H and O–H groups in total. The molecule has 1 aromatic carbocycles. The number of rotatable bonds is 15. The number of hydrogen-bond acceptors (Lipinski definition) is 7. The van der Waals surface area contributed by atoms with Gasteiger partial charge in [-0.3, -0.25) is 9.88 Å². The maximum Gasteiger partial charge on any atom is 0.326 e. The number of benzene rings is 1. The highest BCUT2D eigenvalue weighted by Gasteiger charge is 2.19. The number of anilines is 2. The molecule has 4 rings (SSSR count). The molecule has 3 aromatic rings. The fourth-order valence-corrected chi connectivity index (χ4v) is 4.61. The van der Waals surface area contributed by atoms with E-state index in [1.54, 1.807) is 24.5 Å². The van der Waals surface area contributed by atoms with Crippen molar-refractivity contribution >= 4 is 17.5 Å². The van der Waals surface area contributed by atoms with Crippen LogP contribution in [0.15, 0.2) is 54.9 Å². The van der Waals surface area contributed by atoms with Crippen molar-refractivity contribution in [2.75, 3.05) is 43.4 Å². The van der Waals surface area contributed by atoms with E-state index in [9.17, 15) is 18.7 Å². The first-order valence-corrected chi connectivity index (χ1v) is 13.4. The summed E-state index contributed by atoms with van der Waals surface area (Å²) in [5, 5.41) is 16.1. The molecule has 2 aromatic heterocycles. The number of aliphatic carboxylic acids is 1. The number of aryl methyl sites for hydroxylation is 2. The van der Waals surface area contributed by atoms with Gasteiger partial charge in [0.2, 0.25) is 0 Å². The highest BCUT2D eigenvalue weighted by Crippen LogP contribution is 2.20. The number of hydrogen-bond donors (Lipinski definition) is 3. The molecule has 208 valence electrons. The molecule has 0 spiro atoms. The van der Waals surface area contributed by atoms with E-state index in [-0.39, 0.29) is 12.4 Å². The average Bonchev–Trinajstić information content (AvgIpc) is 2.92. The topological polar surface area (TPSA) is 99.6 Å². The predicted octanol–water partition coefficient (Wildman–Crippen LogP) is 4.77. The summed E-state index contributed by atoms with van der Waals surface area (Å²) in [6.45, 7) is 2.89. The Morgan fingerprint density at radius 3 is 2.74 bits per heavy atom. The van der Waals surface area contributed by atoms with Crippen LogP contribution in [-0.4, -0.2) is 64.8 Å². The van der Waals surface area contributed by atoms with E-state index in [1.165, 1.54) is 5.56 Å². The highest BCUT2D eigenvalue weighted by molar-refractivity contribution is 5.77. The van der Waals surface area contributed by atoms with Crippen molar-refractivity contribution in [3.05, 3.63) is 77.8 Å². The SMILES string of the molecule is O=C(O)C(CCN(CCCCc1ccc2c(n1)NCCC2)CCOc1cc(F)cc(F)c1)Nc1cccnc1. The number of pyridine rings is 2. The number of carbonyl (C=O) groups is 1. The lowest BCUT2D eigenvalue weighted by Crippen LogP contribution is -2.37. The van der Waals surface area contributed by atoms with Crippen molar-refractivity contribution in [2.24, 2.45) is 0 Å². The van der Waals surface area contributed by atoms with Gasteiger partial charge in [-0.15, -0.1) is 0 Å². The number of aromatic nitrogens is 2. The van der Waals surface area contributed by atoms with Crippen molar-refractivity contribution in [1.82, 2.24) is 14.9 Å². The zero-order valence-electron chi connectivity index (χ0n) is 21.9. The molecule has 8 nitrogen and oxygen atoms in total. The van der Waals surface area contributed by atoms with E-state index in [0.717, 1.165) is 74.9 Å². The van der Waals surface area contributed by atoms with Gasteiger partial charge in [0.1, 0.15) is 35.9 Å². The van der Waals surface area contributed by atoms with Gasteiger partial charge in [-0.1, -0.05) is 6.07 Å². The molecule has 1 unspecified atom stereocenters.